The van der Waals surface area contributed by atoms with Crippen molar-refractivity contribution < 1.29 is 4.42 Å². The number of hydrogen-bond donors (Lipinski definition) is 1. The summed E-state index contributed by atoms with van der Waals surface area (Å²) in [5, 5.41) is 12.3. The van der Waals surface area contributed by atoms with Crippen LogP contribution in [0.4, 0.5) is 6.01 Å². The maximum atomic E-state index is 5.58. The van der Waals surface area contributed by atoms with Crippen LogP contribution in [0.5, 0.6) is 0 Å². The van der Waals surface area contributed by atoms with Crippen LogP contribution in [-0.4, -0.2) is 24.3 Å². The van der Waals surface area contributed by atoms with Gasteiger partial charge in [0.15, 0.2) is 0 Å². The molecule has 0 aliphatic rings. The topological polar surface area (TPSA) is 54.2 Å². The van der Waals surface area contributed by atoms with Crippen molar-refractivity contribution in [2.45, 2.75) is 13.1 Å². The Balaban J connectivity index is 1.75. The number of nitrogens with one attached hydrogen (secondary N) is 1. The number of benzene rings is 1. The quantitative estimate of drug-likeness (QED) is 0.782. The van der Waals surface area contributed by atoms with E-state index in [-0.39, 0.29) is 0 Å². The number of hydrogen-bond acceptors (Lipinski definition) is 6. The molecule has 1 N–H and O–H groups in total. The van der Waals surface area contributed by atoms with Crippen molar-refractivity contribution >= 4 is 27.4 Å². The average Bonchev–Trinajstić information content (AvgIpc) is 3.04. The van der Waals surface area contributed by atoms with Crippen LogP contribution < -0.4 is 10.2 Å². The van der Waals surface area contributed by atoms with Crippen molar-refractivity contribution in [1.82, 2.24) is 15.5 Å². The van der Waals surface area contributed by atoms with Crippen LogP contribution in [0, 0.1) is 0 Å². The van der Waals surface area contributed by atoms with E-state index < -0.39 is 0 Å². The number of anilines is 1. The highest BCUT2D eigenvalue weighted by molar-refractivity contribution is 7.19. The van der Waals surface area contributed by atoms with Gasteiger partial charge in [-0.05, 0) is 24.6 Å². The molecule has 0 fully saturated rings. The van der Waals surface area contributed by atoms with Gasteiger partial charge in [-0.2, -0.15) is 0 Å². The molecule has 0 saturated carbocycles. The van der Waals surface area contributed by atoms with Crippen molar-refractivity contribution in [3.05, 3.63) is 41.1 Å². The summed E-state index contributed by atoms with van der Waals surface area (Å²) in [6.07, 6.45) is 0. The van der Waals surface area contributed by atoms with Crippen molar-refractivity contribution in [2.75, 3.05) is 19.0 Å². The fourth-order valence-electron chi connectivity index (χ4n) is 2.04. The summed E-state index contributed by atoms with van der Waals surface area (Å²) in [7, 11) is 3.81. The summed E-state index contributed by atoms with van der Waals surface area (Å²) in [5.74, 6) is 0.602. The molecule has 0 bridgehead atoms. The molecule has 0 unspecified atom stereocenters. The summed E-state index contributed by atoms with van der Waals surface area (Å²) >= 11 is 1.79. The number of rotatable bonds is 5. The highest BCUT2D eigenvalue weighted by Gasteiger charge is 2.12. The zero-order chi connectivity index (χ0) is 13.9. The Labute approximate surface area is 121 Å². The van der Waals surface area contributed by atoms with Crippen LogP contribution in [0.25, 0.3) is 10.1 Å². The van der Waals surface area contributed by atoms with E-state index in [2.05, 4.69) is 45.8 Å². The minimum atomic E-state index is 0.549. The van der Waals surface area contributed by atoms with Crippen LogP contribution in [0.15, 0.2) is 34.7 Å². The molecule has 3 rings (SSSR count). The van der Waals surface area contributed by atoms with Gasteiger partial charge in [-0.1, -0.05) is 23.3 Å². The van der Waals surface area contributed by atoms with Gasteiger partial charge in [0.2, 0.25) is 5.89 Å². The maximum absolute atomic E-state index is 5.58. The van der Waals surface area contributed by atoms with Crippen LogP contribution in [0.1, 0.15) is 10.8 Å². The number of aromatic nitrogens is 2. The van der Waals surface area contributed by atoms with E-state index in [1.165, 1.54) is 15.0 Å². The van der Waals surface area contributed by atoms with Gasteiger partial charge in [-0.3, -0.25) is 0 Å². The molecule has 6 heteroatoms. The van der Waals surface area contributed by atoms with Crippen molar-refractivity contribution in [2.24, 2.45) is 0 Å². The average molecular weight is 288 g/mol. The Morgan fingerprint density at radius 1 is 1.30 bits per heavy atom. The lowest BCUT2D eigenvalue weighted by atomic mass is 10.2. The molecule has 0 aliphatic carbocycles. The summed E-state index contributed by atoms with van der Waals surface area (Å²) < 4.78 is 6.88. The van der Waals surface area contributed by atoms with Crippen LogP contribution in [-0.2, 0) is 13.1 Å². The van der Waals surface area contributed by atoms with Gasteiger partial charge >= 0.3 is 6.01 Å². The Hall–Kier alpha value is -1.92. The van der Waals surface area contributed by atoms with Crippen LogP contribution in [0.2, 0.25) is 0 Å². The smallest absolute Gasteiger partial charge is 0.318 e. The van der Waals surface area contributed by atoms with Crippen molar-refractivity contribution in [3.8, 4) is 0 Å². The third-order valence-corrected chi connectivity index (χ3v) is 4.08. The molecule has 0 amide bonds. The van der Waals surface area contributed by atoms with Crippen LogP contribution >= 0.6 is 11.3 Å². The summed E-state index contributed by atoms with van der Waals surface area (Å²) in [4.78, 5) is 3.25. The predicted molar refractivity (Wildman–Crippen MR) is 81.0 cm³/mol. The van der Waals surface area contributed by atoms with Gasteiger partial charge in [-0.25, -0.2) is 0 Å². The summed E-state index contributed by atoms with van der Waals surface area (Å²) in [6.45, 7) is 1.35. The molecule has 0 radical (unpaired) electrons. The zero-order valence-electron chi connectivity index (χ0n) is 11.5. The second-order valence-corrected chi connectivity index (χ2v) is 5.78. The largest absolute Gasteiger partial charge is 0.407 e. The molecule has 2 heterocycles. The SMILES string of the molecule is CNCc1nnc(N(C)Cc2cc3ccccc3s2)o1. The monoisotopic (exact) mass is 288 g/mol. The van der Waals surface area contributed by atoms with E-state index in [4.69, 9.17) is 4.42 Å². The van der Waals surface area contributed by atoms with Gasteiger partial charge in [0, 0.05) is 16.6 Å². The molecular weight excluding hydrogens is 272 g/mol. The lowest BCUT2D eigenvalue weighted by Crippen LogP contribution is -2.15. The molecule has 0 spiro atoms. The van der Waals surface area contributed by atoms with E-state index in [1.54, 1.807) is 11.3 Å². The van der Waals surface area contributed by atoms with E-state index in [9.17, 15) is 0 Å². The predicted octanol–water partition coefficient (Wildman–Crippen LogP) is 2.64. The van der Waals surface area contributed by atoms with Crippen molar-refractivity contribution in [1.29, 1.82) is 0 Å². The van der Waals surface area contributed by atoms with E-state index in [1.807, 2.05) is 19.0 Å². The Kier molecular flexibility index (Phi) is 3.66. The Morgan fingerprint density at radius 3 is 2.95 bits per heavy atom. The second-order valence-electron chi connectivity index (χ2n) is 4.62. The van der Waals surface area contributed by atoms with Gasteiger partial charge in [0.25, 0.3) is 0 Å². The van der Waals surface area contributed by atoms with Crippen molar-refractivity contribution in [3.63, 3.8) is 0 Å². The zero-order valence-corrected chi connectivity index (χ0v) is 12.3. The first-order chi connectivity index (χ1) is 9.76. The fourth-order valence-corrected chi connectivity index (χ4v) is 3.16. The third kappa shape index (κ3) is 2.66. The molecule has 5 nitrogen and oxygen atoms in total. The lowest BCUT2D eigenvalue weighted by molar-refractivity contribution is 0.476. The minimum absolute atomic E-state index is 0.549. The maximum Gasteiger partial charge on any atom is 0.318 e. The second kappa shape index (κ2) is 5.60. The number of nitrogens with zero attached hydrogens (tertiary/aromatic N) is 3. The van der Waals surface area contributed by atoms with Crippen LogP contribution in [0.3, 0.4) is 0 Å². The molecule has 1 aromatic carbocycles. The third-order valence-electron chi connectivity index (χ3n) is 2.98. The molecular formula is C14H16N4OS. The summed E-state index contributed by atoms with van der Waals surface area (Å²) in [5.41, 5.74) is 0. The van der Waals surface area contributed by atoms with E-state index in [0.29, 0.717) is 18.5 Å². The van der Waals surface area contributed by atoms with Gasteiger partial charge in [-0.15, -0.1) is 16.4 Å². The molecule has 0 saturated heterocycles. The molecule has 20 heavy (non-hydrogen) atoms. The minimum Gasteiger partial charge on any atom is -0.407 e. The van der Waals surface area contributed by atoms with E-state index in [0.717, 1.165) is 6.54 Å². The molecule has 104 valence electrons. The number of fused-ring (bicyclic) bond motifs is 1. The van der Waals surface area contributed by atoms with Gasteiger partial charge in [0.05, 0.1) is 13.1 Å². The van der Waals surface area contributed by atoms with Gasteiger partial charge < -0.3 is 14.6 Å². The van der Waals surface area contributed by atoms with E-state index >= 15 is 0 Å². The first-order valence-corrected chi connectivity index (χ1v) is 7.23. The standard InChI is InChI=1S/C14H16N4OS/c1-15-8-13-16-17-14(19-13)18(2)9-11-7-10-5-3-4-6-12(10)20-11/h3-7,15H,8-9H2,1-2H3. The first-order valence-electron chi connectivity index (χ1n) is 6.42. The Morgan fingerprint density at radius 2 is 2.15 bits per heavy atom. The molecule has 0 atom stereocenters. The molecule has 3 aromatic rings. The highest BCUT2D eigenvalue weighted by atomic mass is 32.1. The number of thiophene rings is 1. The van der Waals surface area contributed by atoms with Gasteiger partial charge in [0.1, 0.15) is 0 Å². The lowest BCUT2D eigenvalue weighted by Gasteiger charge is -2.11. The molecule has 2 aromatic heterocycles. The first kappa shape index (κ1) is 13.1. The molecule has 0 aliphatic heterocycles. The Bertz CT molecular complexity index is 673. The normalized spacial score (nSPS) is 11.1. The fraction of sp³-hybridized carbons (Fsp3) is 0.286. The highest BCUT2D eigenvalue weighted by Crippen LogP contribution is 2.27. The summed E-state index contributed by atoms with van der Waals surface area (Å²) in [6, 6.07) is 11.2.